The molecule has 3 N–H and O–H groups in total. The molecule has 6 heteroatoms. The van der Waals surface area contributed by atoms with E-state index >= 15 is 0 Å². The molecular weight excluding hydrogens is 390 g/mol. The van der Waals surface area contributed by atoms with Crippen LogP contribution in [0.3, 0.4) is 0 Å². The van der Waals surface area contributed by atoms with Crippen molar-refractivity contribution < 1.29 is 14.3 Å². The Bertz CT molecular complexity index is 988. The lowest BCUT2D eigenvalue weighted by molar-refractivity contribution is -0.114. The van der Waals surface area contributed by atoms with Crippen LogP contribution in [0.1, 0.15) is 22.8 Å². The van der Waals surface area contributed by atoms with E-state index in [1.807, 2.05) is 49.4 Å². The molecule has 0 bridgehead atoms. The normalized spacial score (nSPS) is 10.2. The fourth-order valence-electron chi connectivity index (χ4n) is 2.98. The lowest BCUT2D eigenvalue weighted by Crippen LogP contribution is -2.23. The summed E-state index contributed by atoms with van der Waals surface area (Å²) in [6, 6.07) is 24.5. The molecule has 0 unspecified atom stereocenters. The second kappa shape index (κ2) is 11.4. The van der Waals surface area contributed by atoms with Gasteiger partial charge in [0, 0.05) is 36.0 Å². The summed E-state index contributed by atoms with van der Waals surface area (Å²) >= 11 is 0. The Kier molecular flexibility index (Phi) is 8.05. The van der Waals surface area contributed by atoms with Crippen LogP contribution in [-0.4, -0.2) is 31.5 Å². The minimum Gasteiger partial charge on any atom is -0.493 e. The van der Waals surface area contributed by atoms with Gasteiger partial charge in [-0.25, -0.2) is 0 Å². The first-order valence-electron chi connectivity index (χ1n) is 10.3. The number of carbonyl (C=O) groups is 2. The summed E-state index contributed by atoms with van der Waals surface area (Å²) < 4.78 is 5.81. The number of carbonyl (C=O) groups excluding carboxylic acids is 2. The average Bonchev–Trinajstić information content (AvgIpc) is 2.79. The third kappa shape index (κ3) is 7.19. The molecule has 0 spiro atoms. The number of ether oxygens (including phenoxy) is 1. The fourth-order valence-corrected chi connectivity index (χ4v) is 2.98. The Morgan fingerprint density at radius 2 is 1.65 bits per heavy atom. The Balaban J connectivity index is 1.44. The molecule has 0 saturated heterocycles. The van der Waals surface area contributed by atoms with Crippen molar-refractivity contribution in [2.24, 2.45) is 0 Å². The lowest BCUT2D eigenvalue weighted by Gasteiger charge is -2.11. The van der Waals surface area contributed by atoms with Crippen LogP contribution in [0.2, 0.25) is 0 Å². The monoisotopic (exact) mass is 417 g/mol. The van der Waals surface area contributed by atoms with Crippen LogP contribution in [0.15, 0.2) is 78.9 Å². The SMILES string of the molecule is CCNC(=O)c1ccc(NCC(=O)Nc2cccc(OCCc3ccccc3)c2)cc1. The number of benzene rings is 3. The van der Waals surface area contributed by atoms with Gasteiger partial charge in [-0.3, -0.25) is 9.59 Å². The molecule has 0 fully saturated rings. The zero-order chi connectivity index (χ0) is 21.9. The van der Waals surface area contributed by atoms with E-state index in [-0.39, 0.29) is 18.4 Å². The van der Waals surface area contributed by atoms with E-state index in [1.54, 1.807) is 24.3 Å². The van der Waals surface area contributed by atoms with Gasteiger partial charge in [-0.05, 0) is 48.9 Å². The second-order valence-corrected chi connectivity index (χ2v) is 6.95. The third-order valence-electron chi connectivity index (χ3n) is 4.56. The first-order chi connectivity index (χ1) is 15.1. The highest BCUT2D eigenvalue weighted by atomic mass is 16.5. The summed E-state index contributed by atoms with van der Waals surface area (Å²) in [5, 5.41) is 8.67. The van der Waals surface area contributed by atoms with Crippen molar-refractivity contribution in [1.82, 2.24) is 5.32 Å². The van der Waals surface area contributed by atoms with Crippen LogP contribution in [0.25, 0.3) is 0 Å². The molecule has 3 aromatic carbocycles. The number of nitrogens with one attached hydrogen (secondary N) is 3. The predicted molar refractivity (Wildman–Crippen MR) is 124 cm³/mol. The number of rotatable bonds is 10. The van der Waals surface area contributed by atoms with Crippen molar-refractivity contribution in [3.63, 3.8) is 0 Å². The molecule has 0 saturated carbocycles. The largest absolute Gasteiger partial charge is 0.493 e. The zero-order valence-corrected chi connectivity index (χ0v) is 17.6. The van der Waals surface area contributed by atoms with E-state index in [0.717, 1.165) is 12.1 Å². The number of hydrogen-bond acceptors (Lipinski definition) is 4. The Morgan fingerprint density at radius 3 is 2.39 bits per heavy atom. The van der Waals surface area contributed by atoms with Gasteiger partial charge in [0.05, 0.1) is 13.2 Å². The van der Waals surface area contributed by atoms with Gasteiger partial charge >= 0.3 is 0 Å². The van der Waals surface area contributed by atoms with Crippen LogP contribution in [-0.2, 0) is 11.2 Å². The first kappa shape index (κ1) is 21.9. The van der Waals surface area contributed by atoms with Crippen molar-refractivity contribution in [1.29, 1.82) is 0 Å². The predicted octanol–water partition coefficient (Wildman–Crippen LogP) is 4.11. The van der Waals surface area contributed by atoms with Crippen molar-refractivity contribution >= 4 is 23.2 Å². The van der Waals surface area contributed by atoms with E-state index in [1.165, 1.54) is 5.56 Å². The highest BCUT2D eigenvalue weighted by molar-refractivity contribution is 5.95. The fraction of sp³-hybridized carbons (Fsp3) is 0.200. The quantitative estimate of drug-likeness (QED) is 0.464. The molecule has 0 aromatic heterocycles. The summed E-state index contributed by atoms with van der Waals surface area (Å²) in [4.78, 5) is 24.1. The maximum absolute atomic E-state index is 12.3. The smallest absolute Gasteiger partial charge is 0.251 e. The van der Waals surface area contributed by atoms with E-state index in [0.29, 0.717) is 30.2 Å². The van der Waals surface area contributed by atoms with Gasteiger partial charge in [0.1, 0.15) is 5.75 Å². The van der Waals surface area contributed by atoms with Crippen molar-refractivity contribution in [2.75, 3.05) is 30.3 Å². The Labute approximate surface area is 182 Å². The third-order valence-corrected chi connectivity index (χ3v) is 4.56. The van der Waals surface area contributed by atoms with Gasteiger partial charge in [0.25, 0.3) is 5.91 Å². The van der Waals surface area contributed by atoms with Crippen LogP contribution < -0.4 is 20.7 Å². The highest BCUT2D eigenvalue weighted by Gasteiger charge is 2.06. The lowest BCUT2D eigenvalue weighted by atomic mass is 10.2. The van der Waals surface area contributed by atoms with Gasteiger partial charge in [-0.1, -0.05) is 36.4 Å². The van der Waals surface area contributed by atoms with Gasteiger partial charge in [-0.15, -0.1) is 0 Å². The Morgan fingerprint density at radius 1 is 0.871 bits per heavy atom. The molecule has 3 rings (SSSR count). The molecule has 0 aliphatic carbocycles. The summed E-state index contributed by atoms with van der Waals surface area (Å²) in [5.41, 5.74) is 3.25. The van der Waals surface area contributed by atoms with Crippen LogP contribution in [0, 0.1) is 0 Å². The van der Waals surface area contributed by atoms with Crippen molar-refractivity contribution in [3.05, 3.63) is 90.0 Å². The number of amides is 2. The molecule has 0 aliphatic heterocycles. The average molecular weight is 418 g/mol. The Hall–Kier alpha value is -3.80. The van der Waals surface area contributed by atoms with E-state index in [2.05, 4.69) is 28.1 Å². The molecule has 0 aliphatic rings. The second-order valence-electron chi connectivity index (χ2n) is 6.95. The van der Waals surface area contributed by atoms with Gasteiger partial charge < -0.3 is 20.7 Å². The van der Waals surface area contributed by atoms with Gasteiger partial charge in [0.2, 0.25) is 5.91 Å². The standard InChI is InChI=1S/C25H27N3O3/c1-2-26-25(30)20-11-13-21(14-12-20)27-18-24(29)28-22-9-6-10-23(17-22)31-16-15-19-7-4-3-5-8-19/h3-14,17,27H,2,15-16,18H2,1H3,(H,26,30)(H,28,29). The van der Waals surface area contributed by atoms with Crippen LogP contribution >= 0.6 is 0 Å². The first-order valence-corrected chi connectivity index (χ1v) is 10.3. The zero-order valence-electron chi connectivity index (χ0n) is 17.6. The molecular formula is C25H27N3O3. The van der Waals surface area contributed by atoms with Crippen molar-refractivity contribution in [2.45, 2.75) is 13.3 Å². The number of anilines is 2. The van der Waals surface area contributed by atoms with Crippen LogP contribution in [0.5, 0.6) is 5.75 Å². The summed E-state index contributed by atoms with van der Waals surface area (Å²) in [6.45, 7) is 3.13. The van der Waals surface area contributed by atoms with Crippen molar-refractivity contribution in [3.8, 4) is 5.75 Å². The molecule has 2 amide bonds. The maximum Gasteiger partial charge on any atom is 0.251 e. The van der Waals surface area contributed by atoms with E-state index in [9.17, 15) is 9.59 Å². The number of hydrogen-bond donors (Lipinski definition) is 3. The molecule has 3 aromatic rings. The van der Waals surface area contributed by atoms with Gasteiger partial charge in [0.15, 0.2) is 0 Å². The molecule has 31 heavy (non-hydrogen) atoms. The summed E-state index contributed by atoms with van der Waals surface area (Å²) in [6.07, 6.45) is 0.820. The van der Waals surface area contributed by atoms with Gasteiger partial charge in [-0.2, -0.15) is 0 Å². The molecule has 160 valence electrons. The minimum absolute atomic E-state index is 0.111. The molecule has 0 heterocycles. The summed E-state index contributed by atoms with van der Waals surface area (Å²) in [5.74, 6) is 0.425. The molecule has 0 atom stereocenters. The summed E-state index contributed by atoms with van der Waals surface area (Å²) in [7, 11) is 0. The molecule has 0 radical (unpaired) electrons. The van der Waals surface area contributed by atoms with Crippen LogP contribution in [0.4, 0.5) is 11.4 Å². The van der Waals surface area contributed by atoms with E-state index in [4.69, 9.17) is 4.74 Å². The molecule has 6 nitrogen and oxygen atoms in total. The van der Waals surface area contributed by atoms with E-state index < -0.39 is 0 Å². The minimum atomic E-state index is -0.172. The maximum atomic E-state index is 12.3. The topological polar surface area (TPSA) is 79.5 Å². The highest BCUT2D eigenvalue weighted by Crippen LogP contribution is 2.18.